The van der Waals surface area contributed by atoms with E-state index in [-0.39, 0.29) is 25.7 Å². The third-order valence-electron chi connectivity index (χ3n) is 4.35. The molecular weight excluding hydrogens is 502 g/mol. The SMILES string of the molecule is CCCN/C=C(\N)CNC(=O)c1ccc(NC(=O)OCCSSc2ccccn2)c(COC(C)=O)c1. The van der Waals surface area contributed by atoms with Crippen LogP contribution in [0.15, 0.2) is 59.5 Å². The number of hydrogen-bond acceptors (Lipinski definition) is 10. The maximum atomic E-state index is 12.6. The molecule has 0 aliphatic heterocycles. The first-order chi connectivity index (χ1) is 17.4. The fraction of sp³-hybridized carbons (Fsp3) is 0.333. The first-order valence-corrected chi connectivity index (χ1v) is 13.6. The van der Waals surface area contributed by atoms with Gasteiger partial charge in [-0.3, -0.25) is 14.9 Å². The van der Waals surface area contributed by atoms with Gasteiger partial charge in [0, 0.05) is 48.4 Å². The Morgan fingerprint density at radius 1 is 1.17 bits per heavy atom. The van der Waals surface area contributed by atoms with Crippen molar-refractivity contribution in [3.63, 3.8) is 0 Å². The molecule has 0 saturated heterocycles. The van der Waals surface area contributed by atoms with Gasteiger partial charge in [-0.2, -0.15) is 0 Å². The Hall–Kier alpha value is -3.38. The molecule has 2 aromatic rings. The summed E-state index contributed by atoms with van der Waals surface area (Å²) in [6.45, 7) is 4.34. The number of carbonyl (C=O) groups is 3. The van der Waals surface area contributed by atoms with Crippen LogP contribution >= 0.6 is 21.6 Å². The fourth-order valence-corrected chi connectivity index (χ4v) is 4.36. The number of nitrogens with one attached hydrogen (secondary N) is 3. The van der Waals surface area contributed by atoms with E-state index in [0.717, 1.165) is 18.0 Å². The number of amides is 2. The van der Waals surface area contributed by atoms with Crippen molar-refractivity contribution in [3.8, 4) is 0 Å². The van der Waals surface area contributed by atoms with Gasteiger partial charge >= 0.3 is 12.1 Å². The van der Waals surface area contributed by atoms with Crippen LogP contribution in [0.25, 0.3) is 0 Å². The largest absolute Gasteiger partial charge is 0.461 e. The molecule has 0 bridgehead atoms. The average molecular weight is 534 g/mol. The zero-order valence-electron chi connectivity index (χ0n) is 20.2. The maximum absolute atomic E-state index is 12.6. The second-order valence-corrected chi connectivity index (χ2v) is 9.78. The monoisotopic (exact) mass is 533 g/mol. The summed E-state index contributed by atoms with van der Waals surface area (Å²) in [5.41, 5.74) is 7.51. The van der Waals surface area contributed by atoms with Crippen LogP contribution in [0, 0.1) is 0 Å². The van der Waals surface area contributed by atoms with Gasteiger partial charge < -0.3 is 25.8 Å². The van der Waals surface area contributed by atoms with E-state index < -0.39 is 12.1 Å². The van der Waals surface area contributed by atoms with E-state index in [1.165, 1.54) is 28.5 Å². The van der Waals surface area contributed by atoms with E-state index in [2.05, 4.69) is 20.9 Å². The number of aromatic nitrogens is 1. The van der Waals surface area contributed by atoms with E-state index in [4.69, 9.17) is 15.2 Å². The van der Waals surface area contributed by atoms with Crippen LogP contribution in [0.4, 0.5) is 10.5 Å². The average Bonchev–Trinajstić information content (AvgIpc) is 2.87. The second-order valence-electron chi connectivity index (χ2n) is 7.34. The summed E-state index contributed by atoms with van der Waals surface area (Å²) in [6, 6.07) is 10.3. The summed E-state index contributed by atoms with van der Waals surface area (Å²) in [4.78, 5) is 40.4. The number of nitrogens with zero attached hydrogens (tertiary/aromatic N) is 1. The van der Waals surface area contributed by atoms with Gasteiger partial charge in [-0.15, -0.1) is 0 Å². The molecular formula is C24H31N5O5S2. The molecule has 0 saturated carbocycles. The van der Waals surface area contributed by atoms with Gasteiger partial charge in [0.15, 0.2) is 0 Å². The van der Waals surface area contributed by atoms with Crippen molar-refractivity contribution in [2.75, 3.05) is 30.8 Å². The van der Waals surface area contributed by atoms with E-state index in [0.29, 0.717) is 28.3 Å². The molecule has 1 aromatic heterocycles. The van der Waals surface area contributed by atoms with Gasteiger partial charge in [0.2, 0.25) is 0 Å². The van der Waals surface area contributed by atoms with Crippen molar-refractivity contribution in [1.29, 1.82) is 0 Å². The number of ether oxygens (including phenoxy) is 2. The molecule has 1 aromatic carbocycles. The summed E-state index contributed by atoms with van der Waals surface area (Å²) < 4.78 is 10.3. The molecule has 194 valence electrons. The van der Waals surface area contributed by atoms with Crippen LogP contribution in [0.2, 0.25) is 0 Å². The summed E-state index contributed by atoms with van der Waals surface area (Å²) in [5.74, 6) is -0.277. The van der Waals surface area contributed by atoms with Gasteiger partial charge in [0.1, 0.15) is 18.2 Å². The fourth-order valence-electron chi connectivity index (χ4n) is 2.65. The van der Waals surface area contributed by atoms with Crippen molar-refractivity contribution in [1.82, 2.24) is 15.6 Å². The van der Waals surface area contributed by atoms with Crippen LogP contribution in [-0.4, -0.2) is 48.4 Å². The maximum Gasteiger partial charge on any atom is 0.411 e. The standard InChI is InChI=1S/C24H31N5O5S2/c1-3-9-26-14-20(25)15-28-23(31)18-7-8-21(19(13-18)16-34-17(2)30)29-24(32)33-11-12-35-36-22-6-4-5-10-27-22/h4-8,10,13-14,26H,3,9,11-12,15-16,25H2,1-2H3,(H,28,31)(H,29,32)/b20-14-. The van der Waals surface area contributed by atoms with Crippen LogP contribution < -0.4 is 21.7 Å². The molecule has 0 spiro atoms. The Labute approximate surface area is 218 Å². The van der Waals surface area contributed by atoms with E-state index >= 15 is 0 Å². The molecule has 0 radical (unpaired) electrons. The molecule has 0 fully saturated rings. The van der Waals surface area contributed by atoms with Gasteiger partial charge in [0.05, 0.1) is 12.2 Å². The molecule has 0 aliphatic rings. The number of carbonyl (C=O) groups excluding carboxylic acids is 3. The molecule has 0 aliphatic carbocycles. The lowest BCUT2D eigenvalue weighted by Crippen LogP contribution is -2.29. The molecule has 2 amide bonds. The van der Waals surface area contributed by atoms with Crippen LogP contribution in [0.5, 0.6) is 0 Å². The normalized spacial score (nSPS) is 10.9. The third kappa shape index (κ3) is 11.4. The van der Waals surface area contributed by atoms with Gasteiger partial charge in [-0.1, -0.05) is 23.8 Å². The predicted octanol–water partition coefficient (Wildman–Crippen LogP) is 3.66. The summed E-state index contributed by atoms with van der Waals surface area (Å²) >= 11 is 0. The first kappa shape index (κ1) is 28.9. The van der Waals surface area contributed by atoms with Crippen molar-refractivity contribution < 1.29 is 23.9 Å². The molecule has 12 heteroatoms. The summed E-state index contributed by atoms with van der Waals surface area (Å²) in [7, 11) is 3.01. The van der Waals surface area contributed by atoms with E-state index in [1.807, 2.05) is 25.1 Å². The summed E-state index contributed by atoms with van der Waals surface area (Å²) in [5, 5.41) is 9.29. The minimum Gasteiger partial charge on any atom is -0.461 e. The minimum atomic E-state index is -0.655. The van der Waals surface area contributed by atoms with Crippen LogP contribution in [0.3, 0.4) is 0 Å². The molecule has 10 nitrogen and oxygen atoms in total. The number of anilines is 1. The number of pyridine rings is 1. The molecule has 5 N–H and O–H groups in total. The Morgan fingerprint density at radius 2 is 2.00 bits per heavy atom. The molecule has 1 heterocycles. The smallest absolute Gasteiger partial charge is 0.411 e. The number of nitrogens with two attached hydrogens (primary N) is 1. The van der Waals surface area contributed by atoms with Crippen LogP contribution in [0.1, 0.15) is 36.2 Å². The zero-order valence-corrected chi connectivity index (χ0v) is 21.9. The van der Waals surface area contributed by atoms with Gasteiger partial charge in [0.25, 0.3) is 5.91 Å². The zero-order chi connectivity index (χ0) is 26.2. The minimum absolute atomic E-state index is 0.119. The highest BCUT2D eigenvalue weighted by molar-refractivity contribution is 8.76. The predicted molar refractivity (Wildman–Crippen MR) is 142 cm³/mol. The van der Waals surface area contributed by atoms with Gasteiger partial charge in [-0.05, 0) is 47.5 Å². The Bertz CT molecular complexity index is 1040. The lowest BCUT2D eigenvalue weighted by molar-refractivity contribution is -0.142. The quantitative estimate of drug-likeness (QED) is 0.161. The number of hydrogen-bond donors (Lipinski definition) is 4. The second kappa shape index (κ2) is 16.3. The van der Waals surface area contributed by atoms with E-state index in [1.54, 1.807) is 30.6 Å². The highest BCUT2D eigenvalue weighted by Crippen LogP contribution is 2.28. The highest BCUT2D eigenvalue weighted by Gasteiger charge is 2.14. The Morgan fingerprint density at radius 3 is 2.72 bits per heavy atom. The lowest BCUT2D eigenvalue weighted by atomic mass is 10.1. The Balaban J connectivity index is 1.91. The molecule has 2 rings (SSSR count). The number of rotatable bonds is 14. The topological polar surface area (TPSA) is 145 Å². The van der Waals surface area contributed by atoms with Crippen molar-refractivity contribution in [2.24, 2.45) is 5.73 Å². The first-order valence-electron chi connectivity index (χ1n) is 11.3. The Kier molecular flexibility index (Phi) is 13.1. The number of benzene rings is 1. The van der Waals surface area contributed by atoms with Crippen LogP contribution in [-0.2, 0) is 20.9 Å². The number of esters is 1. The van der Waals surface area contributed by atoms with Crippen molar-refractivity contribution in [2.45, 2.75) is 31.9 Å². The third-order valence-corrected chi connectivity index (χ3v) is 6.58. The van der Waals surface area contributed by atoms with Crippen molar-refractivity contribution in [3.05, 3.63) is 65.6 Å². The van der Waals surface area contributed by atoms with Gasteiger partial charge in [-0.25, -0.2) is 9.78 Å². The highest BCUT2D eigenvalue weighted by atomic mass is 33.1. The summed E-state index contributed by atoms with van der Waals surface area (Å²) in [6.07, 6.45) is 3.68. The molecule has 36 heavy (non-hydrogen) atoms. The van der Waals surface area contributed by atoms with E-state index in [9.17, 15) is 14.4 Å². The van der Waals surface area contributed by atoms with Crippen molar-refractivity contribution >= 4 is 45.2 Å². The molecule has 0 unspecified atom stereocenters. The molecule has 0 atom stereocenters. The lowest BCUT2D eigenvalue weighted by Gasteiger charge is -2.13.